The molecule has 0 atom stereocenters. The third-order valence-electron chi connectivity index (χ3n) is 1.56. The summed E-state index contributed by atoms with van der Waals surface area (Å²) in [6, 6.07) is 3.08. The van der Waals surface area contributed by atoms with Crippen LogP contribution < -0.4 is 0 Å². The zero-order valence-electron chi connectivity index (χ0n) is 6.94. The van der Waals surface area contributed by atoms with Crippen LogP contribution in [0, 0.1) is 15.9 Å². The SMILES string of the molecule is O=C=NCc1ccc(F)cc1[N+](=O)[O-]. The topological polar surface area (TPSA) is 72.6 Å². The lowest BCUT2D eigenvalue weighted by Crippen LogP contribution is -1.95. The third kappa shape index (κ3) is 2.21. The Kier molecular flexibility index (Phi) is 3.04. The summed E-state index contributed by atoms with van der Waals surface area (Å²) >= 11 is 0. The van der Waals surface area contributed by atoms with Gasteiger partial charge in [-0.05, 0) is 12.1 Å². The highest BCUT2D eigenvalue weighted by Crippen LogP contribution is 2.20. The van der Waals surface area contributed by atoms with Crippen molar-refractivity contribution in [1.82, 2.24) is 0 Å². The molecule has 0 spiro atoms. The van der Waals surface area contributed by atoms with E-state index in [-0.39, 0.29) is 17.8 Å². The van der Waals surface area contributed by atoms with Gasteiger partial charge in [0.1, 0.15) is 5.82 Å². The molecule has 0 radical (unpaired) electrons. The number of carbonyl (C=O) groups excluding carboxylic acids is 1. The maximum atomic E-state index is 12.6. The van der Waals surface area contributed by atoms with E-state index >= 15 is 0 Å². The fraction of sp³-hybridized carbons (Fsp3) is 0.125. The molecular weight excluding hydrogens is 191 g/mol. The Morgan fingerprint density at radius 3 is 2.86 bits per heavy atom. The van der Waals surface area contributed by atoms with Crippen molar-refractivity contribution in [2.24, 2.45) is 4.99 Å². The van der Waals surface area contributed by atoms with Gasteiger partial charge >= 0.3 is 0 Å². The van der Waals surface area contributed by atoms with Crippen LogP contribution in [-0.2, 0) is 11.3 Å². The first-order valence-corrected chi connectivity index (χ1v) is 3.61. The second-order valence-electron chi connectivity index (χ2n) is 2.44. The van der Waals surface area contributed by atoms with Crippen LogP contribution in [0.4, 0.5) is 10.1 Å². The molecule has 14 heavy (non-hydrogen) atoms. The molecule has 0 aliphatic rings. The fourth-order valence-electron chi connectivity index (χ4n) is 0.958. The van der Waals surface area contributed by atoms with Crippen LogP contribution in [0.5, 0.6) is 0 Å². The molecule has 0 aromatic heterocycles. The Morgan fingerprint density at radius 1 is 1.57 bits per heavy atom. The van der Waals surface area contributed by atoms with Crippen molar-refractivity contribution >= 4 is 11.8 Å². The maximum Gasteiger partial charge on any atom is 0.277 e. The molecule has 0 unspecified atom stereocenters. The van der Waals surface area contributed by atoms with Gasteiger partial charge in [0.05, 0.1) is 23.1 Å². The Balaban J connectivity index is 3.14. The highest BCUT2D eigenvalue weighted by Gasteiger charge is 2.13. The molecule has 0 heterocycles. The van der Waals surface area contributed by atoms with Crippen LogP contribution >= 0.6 is 0 Å². The molecule has 0 fully saturated rings. The van der Waals surface area contributed by atoms with Crippen LogP contribution in [0.15, 0.2) is 23.2 Å². The molecule has 5 nitrogen and oxygen atoms in total. The van der Waals surface area contributed by atoms with E-state index in [9.17, 15) is 19.3 Å². The fourth-order valence-corrected chi connectivity index (χ4v) is 0.958. The van der Waals surface area contributed by atoms with Gasteiger partial charge in [0, 0.05) is 0 Å². The van der Waals surface area contributed by atoms with E-state index in [0.717, 1.165) is 12.1 Å². The molecule has 0 saturated heterocycles. The highest BCUT2D eigenvalue weighted by atomic mass is 19.1. The number of hydrogen-bond donors (Lipinski definition) is 0. The van der Waals surface area contributed by atoms with E-state index in [1.807, 2.05) is 0 Å². The monoisotopic (exact) mass is 196 g/mol. The predicted octanol–water partition coefficient (Wildman–Crippen LogP) is 1.57. The lowest BCUT2D eigenvalue weighted by molar-refractivity contribution is -0.385. The zero-order valence-corrected chi connectivity index (χ0v) is 6.94. The van der Waals surface area contributed by atoms with Gasteiger partial charge in [0.25, 0.3) is 5.69 Å². The summed E-state index contributed by atoms with van der Waals surface area (Å²) in [5.41, 5.74) is -0.205. The van der Waals surface area contributed by atoms with E-state index in [4.69, 9.17) is 0 Å². The molecule has 72 valence electrons. The molecular formula is C8H5FN2O3. The lowest BCUT2D eigenvalue weighted by Gasteiger charge is -1.97. The summed E-state index contributed by atoms with van der Waals surface area (Å²) in [6.45, 7) is -0.167. The highest BCUT2D eigenvalue weighted by molar-refractivity contribution is 5.42. The van der Waals surface area contributed by atoms with E-state index in [1.54, 1.807) is 0 Å². The van der Waals surface area contributed by atoms with Crippen LogP contribution in [0.1, 0.15) is 5.56 Å². The number of rotatable bonds is 3. The minimum atomic E-state index is -0.723. The van der Waals surface area contributed by atoms with E-state index in [2.05, 4.69) is 4.99 Å². The first kappa shape index (κ1) is 10.0. The normalized spacial score (nSPS) is 9.21. The Labute approximate surface area is 78.0 Å². The summed E-state index contributed by atoms with van der Waals surface area (Å²) in [6.07, 6.45) is 1.26. The van der Waals surface area contributed by atoms with Crippen molar-refractivity contribution in [1.29, 1.82) is 0 Å². The number of halogens is 1. The van der Waals surface area contributed by atoms with Gasteiger partial charge in [-0.1, -0.05) is 0 Å². The molecule has 0 amide bonds. The smallest absolute Gasteiger partial charge is 0.258 e. The zero-order chi connectivity index (χ0) is 10.6. The second-order valence-corrected chi connectivity index (χ2v) is 2.44. The molecule has 0 aliphatic carbocycles. The number of nitro benzene ring substituents is 1. The summed E-state index contributed by atoms with van der Waals surface area (Å²) < 4.78 is 12.6. The molecule has 6 heteroatoms. The number of aliphatic imine (C=N–C) groups is 1. The van der Waals surface area contributed by atoms with Crippen molar-refractivity contribution in [3.63, 3.8) is 0 Å². The molecule has 1 rings (SSSR count). The van der Waals surface area contributed by atoms with Crippen LogP contribution in [-0.4, -0.2) is 11.0 Å². The summed E-state index contributed by atoms with van der Waals surface area (Å²) in [7, 11) is 0. The van der Waals surface area contributed by atoms with E-state index < -0.39 is 10.7 Å². The molecule has 1 aromatic rings. The Hall–Kier alpha value is -2.07. The number of hydrogen-bond acceptors (Lipinski definition) is 4. The van der Waals surface area contributed by atoms with Crippen molar-refractivity contribution in [3.8, 4) is 0 Å². The molecule has 1 aromatic carbocycles. The average molecular weight is 196 g/mol. The largest absolute Gasteiger partial charge is 0.277 e. The van der Waals surface area contributed by atoms with Crippen LogP contribution in [0.2, 0.25) is 0 Å². The van der Waals surface area contributed by atoms with Crippen LogP contribution in [0.3, 0.4) is 0 Å². The van der Waals surface area contributed by atoms with Crippen molar-refractivity contribution < 1.29 is 14.1 Å². The van der Waals surface area contributed by atoms with Gasteiger partial charge in [-0.3, -0.25) is 10.1 Å². The summed E-state index contributed by atoms with van der Waals surface area (Å²) in [5.74, 6) is -0.699. The van der Waals surface area contributed by atoms with Crippen molar-refractivity contribution in [2.75, 3.05) is 0 Å². The third-order valence-corrected chi connectivity index (χ3v) is 1.56. The van der Waals surface area contributed by atoms with E-state index in [1.165, 1.54) is 12.1 Å². The minimum absolute atomic E-state index is 0.167. The molecule has 0 N–H and O–H groups in total. The lowest BCUT2D eigenvalue weighted by atomic mass is 10.2. The number of nitrogens with zero attached hydrogens (tertiary/aromatic N) is 2. The first-order chi connectivity index (χ1) is 6.65. The van der Waals surface area contributed by atoms with Gasteiger partial charge in [-0.15, -0.1) is 0 Å². The standard InChI is InChI=1S/C8H5FN2O3/c9-7-2-1-6(4-10-5-12)8(3-7)11(13)14/h1-3H,4H2. The molecule has 0 aliphatic heterocycles. The van der Waals surface area contributed by atoms with Gasteiger partial charge < -0.3 is 0 Å². The Bertz CT molecular complexity index is 413. The maximum absolute atomic E-state index is 12.6. The van der Waals surface area contributed by atoms with Crippen molar-refractivity contribution in [3.05, 3.63) is 39.7 Å². The predicted molar refractivity (Wildman–Crippen MR) is 44.9 cm³/mol. The van der Waals surface area contributed by atoms with Gasteiger partial charge in [-0.2, -0.15) is 0 Å². The average Bonchev–Trinajstić information content (AvgIpc) is 2.15. The van der Waals surface area contributed by atoms with Gasteiger partial charge in [0.2, 0.25) is 6.08 Å². The van der Waals surface area contributed by atoms with Gasteiger partial charge in [-0.25, -0.2) is 14.2 Å². The minimum Gasteiger partial charge on any atom is -0.258 e. The van der Waals surface area contributed by atoms with Crippen molar-refractivity contribution in [2.45, 2.75) is 6.54 Å². The summed E-state index contributed by atoms with van der Waals surface area (Å²) in [4.78, 5) is 22.7. The molecule has 0 saturated carbocycles. The Morgan fingerprint density at radius 2 is 2.29 bits per heavy atom. The molecule has 0 bridgehead atoms. The van der Waals surface area contributed by atoms with Gasteiger partial charge in [0.15, 0.2) is 0 Å². The second kappa shape index (κ2) is 4.25. The first-order valence-electron chi connectivity index (χ1n) is 3.61. The number of benzene rings is 1. The van der Waals surface area contributed by atoms with E-state index in [0.29, 0.717) is 0 Å². The van der Waals surface area contributed by atoms with Crippen LogP contribution in [0.25, 0.3) is 0 Å². The summed E-state index contributed by atoms with van der Waals surface area (Å²) in [5, 5.41) is 10.4. The number of isocyanates is 1. The number of nitro groups is 1. The quantitative estimate of drug-likeness (QED) is 0.318.